The van der Waals surface area contributed by atoms with E-state index in [4.69, 9.17) is 0 Å². The van der Waals surface area contributed by atoms with Crippen molar-refractivity contribution in [2.24, 2.45) is 0 Å². The van der Waals surface area contributed by atoms with Gasteiger partial charge in [0.15, 0.2) is 0 Å². The summed E-state index contributed by atoms with van der Waals surface area (Å²) in [6, 6.07) is 8.36. The molecule has 0 fully saturated rings. The first-order chi connectivity index (χ1) is 5.24. The average Bonchev–Trinajstić information content (AvgIpc) is 2.05. The predicted molar refractivity (Wildman–Crippen MR) is 50.2 cm³/mol. The average molecular weight is 145 g/mol. The third-order valence-corrected chi connectivity index (χ3v) is 1.74. The zero-order valence-corrected chi connectivity index (χ0v) is 6.93. The van der Waals surface area contributed by atoms with E-state index in [1.165, 1.54) is 11.1 Å². The second-order valence-corrected chi connectivity index (χ2v) is 2.73. The van der Waals surface area contributed by atoms with Crippen molar-refractivity contribution in [3.05, 3.63) is 48.9 Å². The van der Waals surface area contributed by atoms with Crippen LogP contribution in [0.5, 0.6) is 0 Å². The molecule has 0 atom stereocenters. The van der Waals surface area contributed by atoms with Crippen LogP contribution in [0.15, 0.2) is 30.8 Å². The van der Waals surface area contributed by atoms with E-state index < -0.39 is 0 Å². The molecule has 0 amide bonds. The Balaban J connectivity index is 2.91. The Labute approximate surface area is 68.6 Å². The lowest BCUT2D eigenvalue weighted by Crippen LogP contribution is -1.81. The topological polar surface area (TPSA) is 0 Å². The van der Waals surface area contributed by atoms with Crippen molar-refractivity contribution in [1.82, 2.24) is 0 Å². The van der Waals surface area contributed by atoms with E-state index in [9.17, 15) is 0 Å². The summed E-state index contributed by atoms with van der Waals surface area (Å²) >= 11 is 0. The highest BCUT2D eigenvalue weighted by Crippen LogP contribution is 2.12. The lowest BCUT2D eigenvalue weighted by molar-refractivity contribution is 1.27. The molecule has 0 aliphatic carbocycles. The maximum atomic E-state index is 3.87. The molecule has 57 valence electrons. The highest BCUT2D eigenvalue weighted by molar-refractivity contribution is 5.61. The quantitative estimate of drug-likeness (QED) is 0.600. The van der Waals surface area contributed by atoms with Crippen LogP contribution in [0.3, 0.4) is 0 Å². The van der Waals surface area contributed by atoms with Crippen LogP contribution in [-0.4, -0.2) is 0 Å². The van der Waals surface area contributed by atoms with E-state index in [-0.39, 0.29) is 0 Å². The number of rotatable bonds is 2. The van der Waals surface area contributed by atoms with Gasteiger partial charge in [-0.15, -0.1) is 0 Å². The van der Waals surface area contributed by atoms with Gasteiger partial charge in [0.2, 0.25) is 0 Å². The number of benzene rings is 1. The summed E-state index contributed by atoms with van der Waals surface area (Å²) in [5.74, 6) is 0. The van der Waals surface area contributed by atoms with E-state index in [1.807, 2.05) is 6.92 Å². The van der Waals surface area contributed by atoms with Gasteiger partial charge in [0.1, 0.15) is 0 Å². The van der Waals surface area contributed by atoms with Gasteiger partial charge in [0, 0.05) is 0 Å². The first-order valence-electron chi connectivity index (χ1n) is 3.78. The summed E-state index contributed by atoms with van der Waals surface area (Å²) in [7, 11) is 0. The summed E-state index contributed by atoms with van der Waals surface area (Å²) in [4.78, 5) is 0. The van der Waals surface area contributed by atoms with Gasteiger partial charge in [-0.2, -0.15) is 0 Å². The molecular formula is C11H13. The molecule has 0 spiro atoms. The van der Waals surface area contributed by atoms with Crippen LogP contribution in [0.1, 0.15) is 18.1 Å². The van der Waals surface area contributed by atoms with E-state index in [0.29, 0.717) is 0 Å². The maximum Gasteiger partial charge on any atom is -0.0233 e. The van der Waals surface area contributed by atoms with Gasteiger partial charge in [-0.1, -0.05) is 36.4 Å². The van der Waals surface area contributed by atoms with Crippen LogP contribution < -0.4 is 0 Å². The normalized spacial score (nSPS) is 9.64. The molecule has 1 aromatic rings. The molecule has 0 saturated heterocycles. The first kappa shape index (κ1) is 8.06. The zero-order valence-electron chi connectivity index (χ0n) is 6.93. The van der Waals surface area contributed by atoms with Crippen LogP contribution >= 0.6 is 0 Å². The molecule has 1 rings (SSSR count). The molecule has 0 unspecified atom stereocenters. The van der Waals surface area contributed by atoms with Gasteiger partial charge < -0.3 is 0 Å². The third-order valence-electron chi connectivity index (χ3n) is 1.74. The Morgan fingerprint density at radius 2 is 1.82 bits per heavy atom. The van der Waals surface area contributed by atoms with Gasteiger partial charge >= 0.3 is 0 Å². The molecule has 0 aliphatic heterocycles. The molecule has 0 heteroatoms. The van der Waals surface area contributed by atoms with Crippen molar-refractivity contribution >= 4 is 5.57 Å². The van der Waals surface area contributed by atoms with Gasteiger partial charge in [-0.3, -0.25) is 0 Å². The standard InChI is InChI=1S/C11H13/c1-4-10-5-7-11(8-6-10)9(2)3/h5-8H,1-2,4H2,3H3. The molecule has 1 radical (unpaired) electrons. The Bertz CT molecular complexity index is 241. The molecule has 0 bridgehead atoms. The van der Waals surface area contributed by atoms with Crippen molar-refractivity contribution in [3.63, 3.8) is 0 Å². The summed E-state index contributed by atoms with van der Waals surface area (Å²) in [6.07, 6.45) is 0.858. The first-order valence-corrected chi connectivity index (χ1v) is 3.78. The molecule has 11 heavy (non-hydrogen) atoms. The summed E-state index contributed by atoms with van der Waals surface area (Å²) in [5, 5.41) is 0. The molecule has 0 aliphatic rings. The van der Waals surface area contributed by atoms with Crippen LogP contribution in [0.2, 0.25) is 0 Å². The smallest absolute Gasteiger partial charge is 0.0233 e. The third kappa shape index (κ3) is 1.94. The van der Waals surface area contributed by atoms with Gasteiger partial charge in [-0.05, 0) is 31.4 Å². The fourth-order valence-corrected chi connectivity index (χ4v) is 0.956. The van der Waals surface area contributed by atoms with Gasteiger partial charge in [0.25, 0.3) is 0 Å². The van der Waals surface area contributed by atoms with Crippen molar-refractivity contribution < 1.29 is 0 Å². The van der Waals surface area contributed by atoms with Crippen LogP contribution in [0, 0.1) is 6.92 Å². The molecule has 0 N–H and O–H groups in total. The van der Waals surface area contributed by atoms with Crippen LogP contribution in [0.25, 0.3) is 5.57 Å². The lowest BCUT2D eigenvalue weighted by atomic mass is 10.1. The Kier molecular flexibility index (Phi) is 2.48. The van der Waals surface area contributed by atoms with Gasteiger partial charge in [-0.25, -0.2) is 0 Å². The predicted octanol–water partition coefficient (Wildman–Crippen LogP) is 3.10. The Morgan fingerprint density at radius 1 is 1.27 bits per heavy atom. The largest absolute Gasteiger partial charge is 0.0955 e. The Morgan fingerprint density at radius 3 is 2.18 bits per heavy atom. The number of hydrogen-bond donors (Lipinski definition) is 0. The Hall–Kier alpha value is -1.04. The second-order valence-electron chi connectivity index (χ2n) is 2.73. The van der Waals surface area contributed by atoms with E-state index >= 15 is 0 Å². The summed E-state index contributed by atoms with van der Waals surface area (Å²) in [5.41, 5.74) is 3.60. The SMILES string of the molecule is [CH2]Cc1ccc(C(=C)C)cc1. The fraction of sp³-hybridized carbons (Fsp3) is 0.182. The van der Waals surface area contributed by atoms with Crippen LogP contribution in [0.4, 0.5) is 0 Å². The van der Waals surface area contributed by atoms with E-state index in [2.05, 4.69) is 37.8 Å². The minimum Gasteiger partial charge on any atom is -0.0955 e. The molecule has 0 saturated carbocycles. The van der Waals surface area contributed by atoms with Gasteiger partial charge in [0.05, 0.1) is 0 Å². The van der Waals surface area contributed by atoms with Crippen molar-refractivity contribution in [3.8, 4) is 0 Å². The van der Waals surface area contributed by atoms with Crippen molar-refractivity contribution in [1.29, 1.82) is 0 Å². The summed E-state index contributed by atoms with van der Waals surface area (Å²) in [6.45, 7) is 9.69. The minimum atomic E-state index is 0.858. The minimum absolute atomic E-state index is 0.858. The molecule has 0 aromatic heterocycles. The fourth-order valence-electron chi connectivity index (χ4n) is 0.956. The lowest BCUT2D eigenvalue weighted by Gasteiger charge is -2.00. The van der Waals surface area contributed by atoms with Crippen molar-refractivity contribution in [2.45, 2.75) is 13.3 Å². The summed E-state index contributed by atoms with van der Waals surface area (Å²) < 4.78 is 0. The number of hydrogen-bond acceptors (Lipinski definition) is 0. The highest BCUT2D eigenvalue weighted by Gasteiger charge is 1.91. The number of allylic oxidation sites excluding steroid dienone is 1. The molecular weight excluding hydrogens is 132 g/mol. The molecule has 0 heterocycles. The van der Waals surface area contributed by atoms with E-state index in [0.717, 1.165) is 12.0 Å². The second kappa shape index (κ2) is 3.38. The van der Waals surface area contributed by atoms with Crippen LogP contribution in [-0.2, 0) is 6.42 Å². The molecule has 0 nitrogen and oxygen atoms in total. The van der Waals surface area contributed by atoms with Crippen molar-refractivity contribution in [2.75, 3.05) is 0 Å². The zero-order chi connectivity index (χ0) is 8.27. The maximum absolute atomic E-state index is 3.87. The molecule has 1 aromatic carbocycles. The monoisotopic (exact) mass is 145 g/mol. The highest BCUT2D eigenvalue weighted by atomic mass is 14.0. The van der Waals surface area contributed by atoms with E-state index in [1.54, 1.807) is 0 Å².